The van der Waals surface area contributed by atoms with Crippen molar-refractivity contribution < 1.29 is 38.1 Å². The van der Waals surface area contributed by atoms with E-state index in [9.17, 15) is 19.2 Å². The van der Waals surface area contributed by atoms with Crippen LogP contribution in [0.2, 0.25) is 0 Å². The van der Waals surface area contributed by atoms with Gasteiger partial charge in [0, 0.05) is 12.8 Å². The topological polar surface area (TPSA) is 131 Å². The molecule has 9 heteroatoms. The van der Waals surface area contributed by atoms with E-state index < -0.39 is 29.6 Å². The summed E-state index contributed by atoms with van der Waals surface area (Å²) in [6.45, 7) is 16.9. The second-order valence-corrected chi connectivity index (χ2v) is 13.2. The highest BCUT2D eigenvalue weighted by Gasteiger charge is 2.38. The zero-order chi connectivity index (χ0) is 30.9. The predicted octanol–water partition coefficient (Wildman–Crippen LogP) is 5.54. The van der Waals surface area contributed by atoms with Crippen LogP contribution in [0.5, 0.6) is 11.5 Å². The summed E-state index contributed by atoms with van der Waals surface area (Å²) in [7, 11) is 1.24. The summed E-state index contributed by atoms with van der Waals surface area (Å²) in [5.41, 5.74) is 4.94. The largest absolute Gasteiger partial charge is 0.468 e. The minimum absolute atomic E-state index is 0.00568. The molecule has 1 rings (SSSR count). The molecular formula is C31H49NO8. The third-order valence-electron chi connectivity index (χ3n) is 6.01. The number of hydrogen-bond donors (Lipinski definition) is 1. The number of hydrogen-bond acceptors (Lipinski definition) is 9. The van der Waals surface area contributed by atoms with Crippen molar-refractivity contribution in [2.45, 2.75) is 112 Å². The van der Waals surface area contributed by atoms with Crippen LogP contribution < -0.4 is 15.2 Å². The number of ether oxygens (including phenoxy) is 4. The van der Waals surface area contributed by atoms with E-state index in [4.69, 9.17) is 24.7 Å². The maximum atomic E-state index is 12.8. The number of esters is 4. The molecule has 1 aromatic rings. The summed E-state index contributed by atoms with van der Waals surface area (Å²) in [6.07, 6.45) is 1.17. The van der Waals surface area contributed by atoms with Gasteiger partial charge < -0.3 is 24.7 Å². The number of rotatable bonds is 13. The van der Waals surface area contributed by atoms with Crippen LogP contribution in [-0.2, 0) is 35.1 Å². The van der Waals surface area contributed by atoms with Crippen LogP contribution in [0, 0.1) is 16.7 Å². The monoisotopic (exact) mass is 563 g/mol. The molecular weight excluding hydrogens is 514 g/mol. The van der Waals surface area contributed by atoms with Gasteiger partial charge in [-0.2, -0.15) is 0 Å². The lowest BCUT2D eigenvalue weighted by molar-refractivity contribution is -0.157. The Morgan fingerprint density at radius 2 is 1.40 bits per heavy atom. The lowest BCUT2D eigenvalue weighted by Gasteiger charge is -2.30. The maximum absolute atomic E-state index is 12.8. The van der Waals surface area contributed by atoms with E-state index in [-0.39, 0.29) is 59.9 Å². The molecule has 0 aromatic heterocycles. The normalized spacial score (nSPS) is 14.9. The summed E-state index contributed by atoms with van der Waals surface area (Å²) in [4.78, 5) is 50.5. The van der Waals surface area contributed by atoms with E-state index in [1.54, 1.807) is 19.9 Å². The summed E-state index contributed by atoms with van der Waals surface area (Å²) < 4.78 is 21.8. The minimum atomic E-state index is -1.54. The Kier molecular flexibility index (Phi) is 12.8. The highest BCUT2D eigenvalue weighted by atomic mass is 16.6. The van der Waals surface area contributed by atoms with E-state index in [1.165, 1.54) is 19.2 Å². The Morgan fingerprint density at radius 1 is 0.875 bits per heavy atom. The molecule has 40 heavy (non-hydrogen) atoms. The Labute approximate surface area is 239 Å². The van der Waals surface area contributed by atoms with Gasteiger partial charge in [0.05, 0.1) is 25.9 Å². The van der Waals surface area contributed by atoms with Crippen LogP contribution in [0.4, 0.5) is 0 Å². The Morgan fingerprint density at radius 3 is 1.88 bits per heavy atom. The molecule has 0 radical (unpaired) electrons. The standard InChI is InChI=1S/C31H49NO8/c1-11-12-20(2)27(35)38-21(3)16-31(32,28(36)37-10)17-22-13-14-23(39-25(33)18-29(4,5)6)24(15-22)40-26(34)19-30(7,8)9/h13-15,20-21H,11-12,16-19,32H2,1-10H3/t20?,21-,31?/m0/s1. The first-order valence-electron chi connectivity index (χ1n) is 13.9. The molecule has 0 heterocycles. The highest BCUT2D eigenvalue weighted by molar-refractivity contribution is 5.81. The predicted molar refractivity (Wildman–Crippen MR) is 153 cm³/mol. The fraction of sp³-hybridized carbons (Fsp3) is 0.677. The van der Waals surface area contributed by atoms with Gasteiger partial charge in [0.15, 0.2) is 11.5 Å². The Balaban J connectivity index is 3.30. The molecule has 0 fully saturated rings. The van der Waals surface area contributed by atoms with E-state index in [0.29, 0.717) is 12.0 Å². The third kappa shape index (κ3) is 12.5. The average molecular weight is 564 g/mol. The van der Waals surface area contributed by atoms with Crippen molar-refractivity contribution in [1.29, 1.82) is 0 Å². The van der Waals surface area contributed by atoms with Gasteiger partial charge >= 0.3 is 23.9 Å². The highest BCUT2D eigenvalue weighted by Crippen LogP contribution is 2.33. The van der Waals surface area contributed by atoms with Crippen molar-refractivity contribution in [1.82, 2.24) is 0 Å². The van der Waals surface area contributed by atoms with Crippen LogP contribution in [0.1, 0.15) is 100.0 Å². The summed E-state index contributed by atoms with van der Waals surface area (Å²) in [5.74, 6) is -2.12. The van der Waals surface area contributed by atoms with Gasteiger partial charge in [-0.25, -0.2) is 0 Å². The van der Waals surface area contributed by atoms with Crippen molar-refractivity contribution in [2.24, 2.45) is 22.5 Å². The number of benzene rings is 1. The van der Waals surface area contributed by atoms with E-state index in [0.717, 1.165) is 6.42 Å². The molecule has 2 unspecified atom stereocenters. The van der Waals surface area contributed by atoms with Crippen molar-refractivity contribution in [3.05, 3.63) is 23.8 Å². The fourth-order valence-corrected chi connectivity index (χ4v) is 4.23. The molecule has 0 aliphatic carbocycles. The molecule has 0 amide bonds. The number of carbonyl (C=O) groups excluding carboxylic acids is 4. The zero-order valence-electron chi connectivity index (χ0n) is 26.0. The molecule has 9 nitrogen and oxygen atoms in total. The number of methoxy groups -OCH3 is 1. The molecule has 2 N–H and O–H groups in total. The van der Waals surface area contributed by atoms with Crippen molar-refractivity contribution in [2.75, 3.05) is 7.11 Å². The van der Waals surface area contributed by atoms with Crippen molar-refractivity contribution in [3.8, 4) is 11.5 Å². The maximum Gasteiger partial charge on any atom is 0.326 e. The summed E-state index contributed by atoms with van der Waals surface area (Å²) in [5, 5.41) is 0. The van der Waals surface area contributed by atoms with Gasteiger partial charge in [0.25, 0.3) is 0 Å². The van der Waals surface area contributed by atoms with Gasteiger partial charge in [0.1, 0.15) is 11.6 Å². The first-order valence-corrected chi connectivity index (χ1v) is 13.9. The summed E-state index contributed by atoms with van der Waals surface area (Å²) >= 11 is 0. The molecule has 226 valence electrons. The van der Waals surface area contributed by atoms with Crippen molar-refractivity contribution >= 4 is 23.9 Å². The van der Waals surface area contributed by atoms with E-state index >= 15 is 0 Å². The van der Waals surface area contributed by atoms with Crippen LogP contribution in [0.3, 0.4) is 0 Å². The third-order valence-corrected chi connectivity index (χ3v) is 6.01. The lowest BCUT2D eigenvalue weighted by Crippen LogP contribution is -2.53. The minimum Gasteiger partial charge on any atom is -0.468 e. The van der Waals surface area contributed by atoms with E-state index in [1.807, 2.05) is 48.5 Å². The second kappa shape index (κ2) is 14.6. The fourth-order valence-electron chi connectivity index (χ4n) is 4.23. The van der Waals surface area contributed by atoms with Gasteiger partial charge in [-0.1, -0.05) is 67.9 Å². The average Bonchev–Trinajstić information content (AvgIpc) is 2.77. The van der Waals surface area contributed by atoms with Gasteiger partial charge in [-0.05, 0) is 41.9 Å². The molecule has 3 atom stereocenters. The van der Waals surface area contributed by atoms with Gasteiger partial charge in [-0.3, -0.25) is 19.2 Å². The lowest BCUT2D eigenvalue weighted by atomic mass is 9.86. The number of nitrogens with two attached hydrogens (primary N) is 1. The first-order chi connectivity index (χ1) is 18.3. The Bertz CT molecular complexity index is 1040. The van der Waals surface area contributed by atoms with Crippen LogP contribution in [-0.4, -0.2) is 42.6 Å². The molecule has 0 spiro atoms. The molecule has 0 saturated carbocycles. The van der Waals surface area contributed by atoms with Crippen LogP contribution in [0.15, 0.2) is 18.2 Å². The van der Waals surface area contributed by atoms with Crippen LogP contribution >= 0.6 is 0 Å². The first kappa shape index (κ1) is 35.1. The summed E-state index contributed by atoms with van der Waals surface area (Å²) in [6, 6.07) is 4.69. The second-order valence-electron chi connectivity index (χ2n) is 13.2. The molecule has 0 aliphatic rings. The molecule has 0 bridgehead atoms. The number of carbonyl (C=O) groups is 4. The van der Waals surface area contributed by atoms with Gasteiger partial charge in [0.2, 0.25) is 0 Å². The smallest absolute Gasteiger partial charge is 0.326 e. The molecule has 0 aliphatic heterocycles. The zero-order valence-corrected chi connectivity index (χ0v) is 26.0. The molecule has 1 aromatic carbocycles. The molecule has 0 saturated heterocycles. The van der Waals surface area contributed by atoms with Crippen molar-refractivity contribution in [3.63, 3.8) is 0 Å². The quantitative estimate of drug-likeness (QED) is 0.243. The Hall–Kier alpha value is -2.94. The van der Waals surface area contributed by atoms with E-state index in [2.05, 4.69) is 0 Å². The van der Waals surface area contributed by atoms with Crippen LogP contribution in [0.25, 0.3) is 0 Å². The SMILES string of the molecule is CCCC(C)C(=O)O[C@@H](C)CC(N)(Cc1ccc(OC(=O)CC(C)(C)C)c(OC(=O)CC(C)(C)C)c1)C(=O)OC. The van der Waals surface area contributed by atoms with Gasteiger partial charge in [-0.15, -0.1) is 0 Å².